The Hall–Kier alpha value is -0.680. The summed E-state index contributed by atoms with van der Waals surface area (Å²) in [5.74, 6) is 1.96. The Morgan fingerprint density at radius 2 is 1.79 bits per heavy atom. The standard InChI is InChI=1S/C14H25BrN4/c1-5-7-13-16-12(15)11-14(17-13)19(8-6-2)10-9-18(3)4/h11H,5-10H2,1-4H3. The summed E-state index contributed by atoms with van der Waals surface area (Å²) in [6, 6.07) is 2.02. The van der Waals surface area contributed by atoms with Gasteiger partial charge in [-0.3, -0.25) is 0 Å². The molecule has 0 saturated carbocycles. The first-order valence-electron chi connectivity index (χ1n) is 7.00. The van der Waals surface area contributed by atoms with Gasteiger partial charge in [-0.1, -0.05) is 13.8 Å². The Morgan fingerprint density at radius 1 is 1.05 bits per heavy atom. The van der Waals surface area contributed by atoms with Crippen molar-refractivity contribution < 1.29 is 0 Å². The van der Waals surface area contributed by atoms with E-state index in [1.54, 1.807) is 0 Å². The molecule has 0 aromatic carbocycles. The fourth-order valence-corrected chi connectivity index (χ4v) is 2.29. The van der Waals surface area contributed by atoms with Crippen molar-refractivity contribution >= 4 is 21.7 Å². The number of likely N-dealkylation sites (N-methyl/N-ethyl adjacent to an activating group) is 1. The highest BCUT2D eigenvalue weighted by Crippen LogP contribution is 2.17. The molecule has 1 heterocycles. The molecule has 0 aliphatic carbocycles. The number of hydrogen-bond acceptors (Lipinski definition) is 4. The van der Waals surface area contributed by atoms with Gasteiger partial charge in [-0.15, -0.1) is 0 Å². The van der Waals surface area contributed by atoms with Crippen LogP contribution in [0.2, 0.25) is 0 Å². The number of halogens is 1. The molecule has 0 spiro atoms. The van der Waals surface area contributed by atoms with Crippen molar-refractivity contribution in [3.05, 3.63) is 16.5 Å². The maximum atomic E-state index is 4.69. The second-order valence-electron chi connectivity index (χ2n) is 5.01. The maximum Gasteiger partial charge on any atom is 0.133 e. The molecule has 0 amide bonds. The van der Waals surface area contributed by atoms with Gasteiger partial charge in [0.05, 0.1) is 0 Å². The Bertz CT molecular complexity index is 382. The average Bonchev–Trinajstić information content (AvgIpc) is 2.34. The Labute approximate surface area is 125 Å². The van der Waals surface area contributed by atoms with Crippen LogP contribution in [-0.2, 0) is 6.42 Å². The fourth-order valence-electron chi connectivity index (χ4n) is 1.88. The molecule has 0 N–H and O–H groups in total. The van der Waals surface area contributed by atoms with Crippen LogP contribution in [-0.4, -0.2) is 48.6 Å². The smallest absolute Gasteiger partial charge is 0.133 e. The first-order chi connectivity index (χ1) is 9.06. The normalized spacial score (nSPS) is 11.1. The zero-order chi connectivity index (χ0) is 14.3. The van der Waals surface area contributed by atoms with Crippen molar-refractivity contribution in [3.8, 4) is 0 Å². The van der Waals surface area contributed by atoms with Crippen molar-refractivity contribution in [3.63, 3.8) is 0 Å². The molecule has 0 aliphatic heterocycles. The van der Waals surface area contributed by atoms with Crippen molar-refractivity contribution in [2.24, 2.45) is 0 Å². The van der Waals surface area contributed by atoms with Gasteiger partial charge in [0.2, 0.25) is 0 Å². The van der Waals surface area contributed by atoms with Gasteiger partial charge in [-0.2, -0.15) is 0 Å². The third kappa shape index (κ3) is 5.87. The van der Waals surface area contributed by atoms with Gasteiger partial charge in [-0.25, -0.2) is 9.97 Å². The Kier molecular flexibility index (Phi) is 7.31. The molecule has 0 unspecified atom stereocenters. The zero-order valence-corrected chi connectivity index (χ0v) is 14.1. The highest BCUT2D eigenvalue weighted by molar-refractivity contribution is 9.10. The number of anilines is 1. The van der Waals surface area contributed by atoms with Gasteiger partial charge < -0.3 is 9.80 Å². The topological polar surface area (TPSA) is 32.3 Å². The fraction of sp³-hybridized carbons (Fsp3) is 0.714. The summed E-state index contributed by atoms with van der Waals surface area (Å²) in [6.45, 7) is 7.41. The van der Waals surface area contributed by atoms with Crippen molar-refractivity contribution in [2.45, 2.75) is 33.1 Å². The van der Waals surface area contributed by atoms with Crippen molar-refractivity contribution in [2.75, 3.05) is 38.6 Å². The molecule has 19 heavy (non-hydrogen) atoms. The number of aromatic nitrogens is 2. The van der Waals surface area contributed by atoms with Crippen LogP contribution in [0.25, 0.3) is 0 Å². The molecule has 0 bridgehead atoms. The summed E-state index contributed by atoms with van der Waals surface area (Å²) in [5.41, 5.74) is 0. The van der Waals surface area contributed by atoms with E-state index >= 15 is 0 Å². The third-order valence-electron chi connectivity index (χ3n) is 2.84. The predicted octanol–water partition coefficient (Wildman–Crippen LogP) is 2.97. The lowest BCUT2D eigenvalue weighted by Crippen LogP contribution is -2.33. The van der Waals surface area contributed by atoms with Crippen LogP contribution in [0.3, 0.4) is 0 Å². The van der Waals surface area contributed by atoms with Crippen LogP contribution in [0.5, 0.6) is 0 Å². The zero-order valence-electron chi connectivity index (χ0n) is 12.5. The van der Waals surface area contributed by atoms with Crippen molar-refractivity contribution in [1.29, 1.82) is 0 Å². The van der Waals surface area contributed by atoms with Crippen LogP contribution in [0, 0.1) is 0 Å². The van der Waals surface area contributed by atoms with Crippen LogP contribution in [0.15, 0.2) is 10.7 Å². The molecule has 1 aromatic rings. The lowest BCUT2D eigenvalue weighted by atomic mass is 10.3. The summed E-state index contributed by atoms with van der Waals surface area (Å²) in [5, 5.41) is 0. The second-order valence-corrected chi connectivity index (χ2v) is 5.82. The van der Waals surface area contributed by atoms with Gasteiger partial charge >= 0.3 is 0 Å². The van der Waals surface area contributed by atoms with E-state index in [2.05, 4.69) is 63.6 Å². The van der Waals surface area contributed by atoms with Crippen LogP contribution in [0.1, 0.15) is 32.5 Å². The molecule has 108 valence electrons. The van der Waals surface area contributed by atoms with Gasteiger partial charge in [-0.05, 0) is 42.9 Å². The monoisotopic (exact) mass is 328 g/mol. The van der Waals surface area contributed by atoms with E-state index in [9.17, 15) is 0 Å². The molecule has 0 atom stereocenters. The minimum absolute atomic E-state index is 0.881. The van der Waals surface area contributed by atoms with E-state index in [4.69, 9.17) is 0 Å². The summed E-state index contributed by atoms with van der Waals surface area (Å²) < 4.78 is 0.881. The highest BCUT2D eigenvalue weighted by atomic mass is 79.9. The molecule has 0 aliphatic rings. The van der Waals surface area contributed by atoms with E-state index in [0.29, 0.717) is 0 Å². The van der Waals surface area contributed by atoms with E-state index in [1.165, 1.54) is 0 Å². The van der Waals surface area contributed by atoms with E-state index in [0.717, 1.165) is 55.1 Å². The summed E-state index contributed by atoms with van der Waals surface area (Å²) >= 11 is 3.49. The van der Waals surface area contributed by atoms with Gasteiger partial charge in [0, 0.05) is 32.1 Å². The SMILES string of the molecule is CCCc1nc(Br)cc(N(CCC)CCN(C)C)n1. The quantitative estimate of drug-likeness (QED) is 0.687. The number of aryl methyl sites for hydroxylation is 1. The average molecular weight is 329 g/mol. The first-order valence-corrected chi connectivity index (χ1v) is 7.79. The second kappa shape index (κ2) is 8.48. The molecule has 4 nitrogen and oxygen atoms in total. The van der Waals surface area contributed by atoms with Gasteiger partial charge in [0.1, 0.15) is 16.2 Å². The van der Waals surface area contributed by atoms with Crippen molar-refractivity contribution in [1.82, 2.24) is 14.9 Å². The highest BCUT2D eigenvalue weighted by Gasteiger charge is 2.10. The summed E-state index contributed by atoms with van der Waals surface area (Å²) in [4.78, 5) is 13.7. The molecule has 1 aromatic heterocycles. The molecular formula is C14H25BrN4. The summed E-state index contributed by atoms with van der Waals surface area (Å²) in [7, 11) is 4.20. The molecule has 0 saturated heterocycles. The molecular weight excluding hydrogens is 304 g/mol. The van der Waals surface area contributed by atoms with E-state index in [1.807, 2.05) is 6.07 Å². The number of hydrogen-bond donors (Lipinski definition) is 0. The minimum atomic E-state index is 0.881. The van der Waals surface area contributed by atoms with Crippen LogP contribution >= 0.6 is 15.9 Å². The predicted molar refractivity (Wildman–Crippen MR) is 84.8 cm³/mol. The maximum absolute atomic E-state index is 4.69. The largest absolute Gasteiger partial charge is 0.355 e. The lowest BCUT2D eigenvalue weighted by Gasteiger charge is -2.25. The Morgan fingerprint density at radius 3 is 2.37 bits per heavy atom. The minimum Gasteiger partial charge on any atom is -0.355 e. The number of nitrogens with zero attached hydrogens (tertiary/aromatic N) is 4. The van der Waals surface area contributed by atoms with E-state index < -0.39 is 0 Å². The lowest BCUT2D eigenvalue weighted by molar-refractivity contribution is 0.412. The molecule has 0 fully saturated rings. The third-order valence-corrected chi connectivity index (χ3v) is 3.24. The first kappa shape index (κ1) is 16.4. The molecule has 1 rings (SSSR count). The Balaban J connectivity index is 2.87. The van der Waals surface area contributed by atoms with Crippen LogP contribution in [0.4, 0.5) is 5.82 Å². The number of rotatable bonds is 8. The van der Waals surface area contributed by atoms with Crippen LogP contribution < -0.4 is 4.90 Å². The van der Waals surface area contributed by atoms with E-state index in [-0.39, 0.29) is 0 Å². The summed E-state index contributed by atoms with van der Waals surface area (Å²) in [6.07, 6.45) is 3.12. The molecule has 0 radical (unpaired) electrons. The van der Waals surface area contributed by atoms with Gasteiger partial charge in [0.15, 0.2) is 0 Å². The molecule has 5 heteroatoms. The van der Waals surface area contributed by atoms with Gasteiger partial charge in [0.25, 0.3) is 0 Å².